The number of piperazine rings is 1. The molecular formula is C11H16N4O2. The van der Waals surface area contributed by atoms with Gasteiger partial charge in [-0.05, 0) is 19.2 Å². The molecule has 2 rings (SSSR count). The smallest absolute Gasteiger partial charge is 0.293 e. The van der Waals surface area contributed by atoms with Gasteiger partial charge in [-0.1, -0.05) is 0 Å². The Labute approximate surface area is 99.8 Å². The van der Waals surface area contributed by atoms with E-state index in [2.05, 4.69) is 21.8 Å². The van der Waals surface area contributed by atoms with Gasteiger partial charge in [0.05, 0.1) is 11.9 Å². The van der Waals surface area contributed by atoms with Crippen LogP contribution in [0.3, 0.4) is 0 Å². The maximum Gasteiger partial charge on any atom is 0.293 e. The Morgan fingerprint density at radius 2 is 2.06 bits per heavy atom. The van der Waals surface area contributed by atoms with Gasteiger partial charge in [0.15, 0.2) is 0 Å². The fraction of sp³-hybridized carbons (Fsp3) is 0.455. The van der Waals surface area contributed by atoms with Gasteiger partial charge in [0.1, 0.15) is 5.69 Å². The Balaban J connectivity index is 2.05. The minimum atomic E-state index is -0.588. The molecule has 0 aromatic carbocycles. The van der Waals surface area contributed by atoms with Gasteiger partial charge < -0.3 is 9.80 Å². The largest absolute Gasteiger partial charge is 0.368 e. The van der Waals surface area contributed by atoms with Gasteiger partial charge >= 0.3 is 0 Å². The lowest BCUT2D eigenvalue weighted by molar-refractivity contribution is 0.0701. The molecule has 17 heavy (non-hydrogen) atoms. The van der Waals surface area contributed by atoms with Crippen LogP contribution in [0.25, 0.3) is 0 Å². The van der Waals surface area contributed by atoms with E-state index in [4.69, 9.17) is 5.21 Å². The van der Waals surface area contributed by atoms with Crippen LogP contribution in [0.2, 0.25) is 0 Å². The lowest BCUT2D eigenvalue weighted by Gasteiger charge is -2.33. The van der Waals surface area contributed by atoms with Crippen LogP contribution in [0, 0.1) is 0 Å². The van der Waals surface area contributed by atoms with Crippen LogP contribution >= 0.6 is 0 Å². The molecule has 0 saturated carbocycles. The van der Waals surface area contributed by atoms with Crippen molar-refractivity contribution in [3.63, 3.8) is 0 Å². The summed E-state index contributed by atoms with van der Waals surface area (Å²) in [6, 6.07) is 3.46. The van der Waals surface area contributed by atoms with E-state index in [-0.39, 0.29) is 5.69 Å². The lowest BCUT2D eigenvalue weighted by Crippen LogP contribution is -2.44. The average Bonchev–Trinajstić information content (AvgIpc) is 2.39. The predicted octanol–water partition coefficient (Wildman–Crippen LogP) is -0.0476. The van der Waals surface area contributed by atoms with Crippen LogP contribution in [0.4, 0.5) is 5.69 Å². The molecule has 0 bridgehead atoms. The summed E-state index contributed by atoms with van der Waals surface area (Å²) in [5.41, 5.74) is 2.78. The highest BCUT2D eigenvalue weighted by Crippen LogP contribution is 2.14. The maximum atomic E-state index is 11.1. The van der Waals surface area contributed by atoms with Crippen molar-refractivity contribution in [3.8, 4) is 0 Å². The van der Waals surface area contributed by atoms with Crippen molar-refractivity contribution in [2.75, 3.05) is 38.1 Å². The minimum absolute atomic E-state index is 0.213. The summed E-state index contributed by atoms with van der Waals surface area (Å²) >= 11 is 0. The molecule has 6 nitrogen and oxygen atoms in total. The summed E-state index contributed by atoms with van der Waals surface area (Å²) in [6.45, 7) is 3.98. The maximum absolute atomic E-state index is 11.1. The molecule has 0 spiro atoms. The molecule has 0 unspecified atom stereocenters. The second-order valence-electron chi connectivity index (χ2n) is 4.13. The topological polar surface area (TPSA) is 68.7 Å². The Bertz CT molecular complexity index is 385. The molecule has 92 valence electrons. The van der Waals surface area contributed by atoms with Gasteiger partial charge in [-0.2, -0.15) is 0 Å². The van der Waals surface area contributed by atoms with Gasteiger partial charge in [0.2, 0.25) is 0 Å². The number of nitrogens with zero attached hydrogens (tertiary/aromatic N) is 3. The molecule has 1 fully saturated rings. The van der Waals surface area contributed by atoms with E-state index < -0.39 is 5.91 Å². The zero-order valence-corrected chi connectivity index (χ0v) is 9.76. The fourth-order valence-corrected chi connectivity index (χ4v) is 1.83. The molecule has 1 aliphatic heterocycles. The van der Waals surface area contributed by atoms with Crippen LogP contribution in [0.1, 0.15) is 10.5 Å². The summed E-state index contributed by atoms with van der Waals surface area (Å²) in [5.74, 6) is -0.588. The highest BCUT2D eigenvalue weighted by molar-refractivity contribution is 5.91. The highest BCUT2D eigenvalue weighted by Gasteiger charge is 2.15. The molecule has 1 aromatic heterocycles. The van der Waals surface area contributed by atoms with E-state index in [0.29, 0.717) is 0 Å². The Kier molecular flexibility index (Phi) is 3.55. The first kappa shape index (κ1) is 11.8. The van der Waals surface area contributed by atoms with Crippen LogP contribution in [0.15, 0.2) is 18.3 Å². The minimum Gasteiger partial charge on any atom is -0.368 e. The number of aromatic nitrogens is 1. The van der Waals surface area contributed by atoms with Crippen LogP contribution < -0.4 is 10.4 Å². The van der Waals surface area contributed by atoms with Crippen molar-refractivity contribution in [2.45, 2.75) is 0 Å². The van der Waals surface area contributed by atoms with E-state index in [0.717, 1.165) is 31.9 Å². The number of amides is 1. The van der Waals surface area contributed by atoms with Crippen LogP contribution in [0.5, 0.6) is 0 Å². The van der Waals surface area contributed by atoms with Crippen molar-refractivity contribution in [2.24, 2.45) is 0 Å². The highest BCUT2D eigenvalue weighted by atomic mass is 16.5. The van der Waals surface area contributed by atoms with Crippen molar-refractivity contribution in [1.82, 2.24) is 15.4 Å². The quantitative estimate of drug-likeness (QED) is 0.556. The van der Waals surface area contributed by atoms with Gasteiger partial charge in [0.25, 0.3) is 5.91 Å². The van der Waals surface area contributed by atoms with Gasteiger partial charge in [-0.25, -0.2) is 10.5 Å². The Morgan fingerprint density at radius 1 is 1.35 bits per heavy atom. The number of carbonyl (C=O) groups is 1. The molecule has 6 heteroatoms. The monoisotopic (exact) mass is 236 g/mol. The lowest BCUT2D eigenvalue weighted by atomic mass is 10.2. The number of hydroxylamine groups is 1. The second kappa shape index (κ2) is 5.11. The fourth-order valence-electron chi connectivity index (χ4n) is 1.83. The van der Waals surface area contributed by atoms with E-state index in [1.165, 1.54) is 0 Å². The molecule has 1 saturated heterocycles. The zero-order chi connectivity index (χ0) is 12.3. The second-order valence-corrected chi connectivity index (χ2v) is 4.13. The first-order valence-electron chi connectivity index (χ1n) is 5.54. The third-order valence-corrected chi connectivity index (χ3v) is 2.95. The first-order valence-corrected chi connectivity index (χ1v) is 5.54. The molecule has 2 N–H and O–H groups in total. The van der Waals surface area contributed by atoms with Crippen molar-refractivity contribution in [1.29, 1.82) is 0 Å². The Morgan fingerprint density at radius 3 is 2.59 bits per heavy atom. The van der Waals surface area contributed by atoms with Crippen LogP contribution in [-0.2, 0) is 0 Å². The molecule has 1 amide bonds. The molecular weight excluding hydrogens is 220 g/mol. The van der Waals surface area contributed by atoms with E-state index in [1.54, 1.807) is 17.7 Å². The predicted molar refractivity (Wildman–Crippen MR) is 63.2 cm³/mol. The number of rotatable bonds is 2. The van der Waals surface area contributed by atoms with Crippen molar-refractivity contribution in [3.05, 3.63) is 24.0 Å². The standard InChI is InChI=1S/C11H16N4O2/c1-14-4-6-15(7-5-14)9-2-3-10(12-8-9)11(16)13-17/h2-3,8,17H,4-7H2,1H3,(H,13,16). The number of carbonyl (C=O) groups excluding carboxylic acids is 1. The summed E-state index contributed by atoms with van der Waals surface area (Å²) < 4.78 is 0. The normalized spacial score (nSPS) is 16.9. The molecule has 1 aliphatic rings. The number of nitrogens with one attached hydrogen (secondary N) is 1. The number of hydrogen-bond acceptors (Lipinski definition) is 5. The van der Waals surface area contributed by atoms with Crippen molar-refractivity contribution >= 4 is 11.6 Å². The van der Waals surface area contributed by atoms with Gasteiger partial charge in [0, 0.05) is 26.2 Å². The van der Waals surface area contributed by atoms with Gasteiger partial charge in [-0.15, -0.1) is 0 Å². The number of anilines is 1. The Hall–Kier alpha value is -1.66. The summed E-state index contributed by atoms with van der Waals surface area (Å²) in [6.07, 6.45) is 1.66. The zero-order valence-electron chi connectivity index (χ0n) is 9.76. The van der Waals surface area contributed by atoms with Gasteiger partial charge in [-0.3, -0.25) is 10.0 Å². The third kappa shape index (κ3) is 2.72. The van der Waals surface area contributed by atoms with E-state index in [9.17, 15) is 4.79 Å². The third-order valence-electron chi connectivity index (χ3n) is 2.95. The molecule has 0 radical (unpaired) electrons. The first-order chi connectivity index (χ1) is 8.20. The summed E-state index contributed by atoms with van der Waals surface area (Å²) in [5, 5.41) is 8.48. The number of hydrogen-bond donors (Lipinski definition) is 2. The molecule has 2 heterocycles. The summed E-state index contributed by atoms with van der Waals surface area (Å²) in [4.78, 5) is 19.6. The number of pyridine rings is 1. The summed E-state index contributed by atoms with van der Waals surface area (Å²) in [7, 11) is 2.10. The van der Waals surface area contributed by atoms with E-state index >= 15 is 0 Å². The van der Waals surface area contributed by atoms with Crippen LogP contribution in [-0.4, -0.2) is 54.2 Å². The van der Waals surface area contributed by atoms with Crippen molar-refractivity contribution < 1.29 is 10.0 Å². The number of likely N-dealkylation sites (N-methyl/N-ethyl adjacent to an activating group) is 1. The molecule has 0 aliphatic carbocycles. The SMILES string of the molecule is CN1CCN(c2ccc(C(=O)NO)nc2)CC1. The molecule has 1 aromatic rings. The molecule has 0 atom stereocenters. The average molecular weight is 236 g/mol. The van der Waals surface area contributed by atoms with E-state index in [1.807, 2.05) is 6.07 Å².